The highest BCUT2D eigenvalue weighted by Gasteiger charge is 2.01. The van der Waals surface area contributed by atoms with E-state index in [9.17, 15) is 4.79 Å². The first-order valence-corrected chi connectivity index (χ1v) is 3.54. The number of rotatable bonds is 1. The quantitative estimate of drug-likeness (QED) is 0.450. The first kappa shape index (κ1) is 8.34. The predicted octanol–water partition coefficient (Wildman–Crippen LogP) is 1.17. The van der Waals surface area contributed by atoms with Gasteiger partial charge in [0.1, 0.15) is 7.85 Å². The molecule has 0 spiro atoms. The number of hydrogen-bond donors (Lipinski definition) is 0. The summed E-state index contributed by atoms with van der Waals surface area (Å²) in [6, 6.07) is 5.04. The van der Waals surface area contributed by atoms with Crippen LogP contribution in [0.25, 0.3) is 0 Å². The van der Waals surface area contributed by atoms with Crippen LogP contribution in [0.1, 0.15) is 15.9 Å². The van der Waals surface area contributed by atoms with Crippen LogP contribution >= 0.6 is 11.6 Å². The van der Waals surface area contributed by atoms with E-state index in [0.29, 0.717) is 11.0 Å². The van der Waals surface area contributed by atoms with Crippen LogP contribution < -0.4 is 5.46 Å². The van der Waals surface area contributed by atoms with Gasteiger partial charge in [-0.05, 0) is 24.6 Å². The van der Waals surface area contributed by atoms with Gasteiger partial charge in [-0.3, -0.25) is 4.79 Å². The van der Waals surface area contributed by atoms with Gasteiger partial charge in [0.05, 0.1) is 0 Å². The van der Waals surface area contributed by atoms with Crippen LogP contribution in [0.3, 0.4) is 0 Å². The van der Waals surface area contributed by atoms with Crippen LogP contribution in [0, 0.1) is 6.92 Å². The number of aryl methyl sites for hydroxylation is 1. The normalized spacial score (nSPS) is 9.64. The van der Waals surface area contributed by atoms with Crippen molar-refractivity contribution in [2.24, 2.45) is 0 Å². The Hall–Kier alpha value is -0.755. The number of hydrogen-bond acceptors (Lipinski definition) is 1. The Labute approximate surface area is 71.8 Å². The molecule has 0 heterocycles. The topological polar surface area (TPSA) is 17.1 Å². The highest BCUT2D eigenvalue weighted by atomic mass is 35.5. The van der Waals surface area contributed by atoms with Crippen LogP contribution in [0.2, 0.25) is 0 Å². The summed E-state index contributed by atoms with van der Waals surface area (Å²) in [4.78, 5) is 10.7. The maximum Gasteiger partial charge on any atom is 0.252 e. The second kappa shape index (κ2) is 3.10. The molecular weight excluding hydrogens is 158 g/mol. The van der Waals surface area contributed by atoms with E-state index in [1.807, 2.05) is 6.92 Å². The summed E-state index contributed by atoms with van der Waals surface area (Å²) >= 11 is 5.25. The van der Waals surface area contributed by atoms with Gasteiger partial charge in [0, 0.05) is 5.56 Å². The predicted molar refractivity (Wildman–Crippen MR) is 46.8 cm³/mol. The fourth-order valence-electron chi connectivity index (χ4n) is 0.926. The second-order valence-corrected chi connectivity index (χ2v) is 2.75. The Morgan fingerprint density at radius 2 is 2.09 bits per heavy atom. The molecular formula is C8H6BClO. The van der Waals surface area contributed by atoms with Gasteiger partial charge in [-0.15, -0.1) is 0 Å². The molecule has 2 radical (unpaired) electrons. The zero-order valence-electron chi connectivity index (χ0n) is 6.10. The molecule has 0 aromatic heterocycles. The van der Waals surface area contributed by atoms with Crippen LogP contribution in [0.4, 0.5) is 0 Å². The van der Waals surface area contributed by atoms with Crippen LogP contribution in [-0.4, -0.2) is 13.1 Å². The minimum atomic E-state index is -0.472. The Bertz CT molecular complexity index is 276. The smallest absolute Gasteiger partial charge is 0.252 e. The number of halogens is 1. The van der Waals surface area contributed by atoms with Crippen molar-refractivity contribution in [3.63, 3.8) is 0 Å². The van der Waals surface area contributed by atoms with Crippen LogP contribution in [0.15, 0.2) is 18.2 Å². The van der Waals surface area contributed by atoms with E-state index in [4.69, 9.17) is 19.4 Å². The lowest BCUT2D eigenvalue weighted by Gasteiger charge is -1.98. The van der Waals surface area contributed by atoms with Gasteiger partial charge in [-0.25, -0.2) is 0 Å². The van der Waals surface area contributed by atoms with Gasteiger partial charge in [-0.1, -0.05) is 23.2 Å². The molecule has 0 aliphatic heterocycles. The van der Waals surface area contributed by atoms with E-state index in [1.165, 1.54) is 0 Å². The van der Waals surface area contributed by atoms with Gasteiger partial charge < -0.3 is 0 Å². The fourth-order valence-corrected chi connectivity index (χ4v) is 1.04. The summed E-state index contributed by atoms with van der Waals surface area (Å²) in [6.45, 7) is 1.86. The third-order valence-electron chi connectivity index (χ3n) is 1.33. The zero-order valence-corrected chi connectivity index (χ0v) is 6.85. The molecule has 0 saturated heterocycles. The largest absolute Gasteiger partial charge is 0.276 e. The van der Waals surface area contributed by atoms with E-state index in [0.717, 1.165) is 5.56 Å². The lowest BCUT2D eigenvalue weighted by molar-refractivity contribution is 0.108. The molecule has 1 aromatic carbocycles. The Morgan fingerprint density at radius 3 is 2.55 bits per heavy atom. The van der Waals surface area contributed by atoms with Crippen molar-refractivity contribution in [2.45, 2.75) is 6.92 Å². The maximum atomic E-state index is 10.7. The molecule has 0 atom stereocenters. The summed E-state index contributed by atoms with van der Waals surface area (Å²) in [5.41, 5.74) is 1.95. The average Bonchev–Trinajstić information content (AvgIpc) is 1.85. The summed E-state index contributed by atoms with van der Waals surface area (Å²) in [5, 5.41) is -0.472. The highest BCUT2D eigenvalue weighted by molar-refractivity contribution is 6.67. The van der Waals surface area contributed by atoms with Gasteiger partial charge in [-0.2, -0.15) is 0 Å². The van der Waals surface area contributed by atoms with Gasteiger partial charge in [0.25, 0.3) is 5.24 Å². The lowest BCUT2D eigenvalue weighted by atomic mass is 9.93. The second-order valence-electron chi connectivity index (χ2n) is 2.41. The Morgan fingerprint density at radius 1 is 1.45 bits per heavy atom. The van der Waals surface area contributed by atoms with Crippen LogP contribution in [0.5, 0.6) is 0 Å². The number of carbonyl (C=O) groups is 1. The SMILES string of the molecule is [B]c1cc(C)cc(C(=O)Cl)c1. The van der Waals surface area contributed by atoms with E-state index in [-0.39, 0.29) is 0 Å². The van der Waals surface area contributed by atoms with Crippen molar-refractivity contribution in [3.8, 4) is 0 Å². The minimum Gasteiger partial charge on any atom is -0.276 e. The molecule has 0 fully saturated rings. The summed E-state index contributed by atoms with van der Waals surface area (Å²) < 4.78 is 0. The molecule has 1 nitrogen and oxygen atoms in total. The van der Waals surface area contributed by atoms with E-state index >= 15 is 0 Å². The zero-order chi connectivity index (χ0) is 8.43. The molecule has 3 heteroatoms. The van der Waals surface area contributed by atoms with Crippen molar-refractivity contribution in [1.29, 1.82) is 0 Å². The molecule has 0 N–H and O–H groups in total. The van der Waals surface area contributed by atoms with Gasteiger partial charge >= 0.3 is 0 Å². The minimum absolute atomic E-state index is 0.448. The van der Waals surface area contributed by atoms with Crippen molar-refractivity contribution in [2.75, 3.05) is 0 Å². The average molecular weight is 164 g/mol. The summed E-state index contributed by atoms with van der Waals surface area (Å²) in [5.74, 6) is 0. The van der Waals surface area contributed by atoms with Crippen molar-refractivity contribution in [3.05, 3.63) is 29.3 Å². The Kier molecular flexibility index (Phi) is 2.35. The lowest BCUT2D eigenvalue weighted by Crippen LogP contribution is -2.05. The summed E-state index contributed by atoms with van der Waals surface area (Å²) in [6.07, 6.45) is 0. The highest BCUT2D eigenvalue weighted by Crippen LogP contribution is 2.04. The fraction of sp³-hybridized carbons (Fsp3) is 0.125. The molecule has 0 aliphatic rings. The number of carbonyl (C=O) groups excluding carboxylic acids is 1. The standard InChI is InChI=1S/C8H6BClO/c1-5-2-6(8(10)11)4-7(9)3-5/h2-4H,1H3. The third-order valence-corrected chi connectivity index (χ3v) is 1.54. The molecule has 54 valence electrons. The van der Waals surface area contributed by atoms with Crippen molar-refractivity contribution in [1.82, 2.24) is 0 Å². The number of benzene rings is 1. The molecule has 0 saturated carbocycles. The van der Waals surface area contributed by atoms with E-state index in [1.54, 1.807) is 18.2 Å². The summed E-state index contributed by atoms with van der Waals surface area (Å²) in [7, 11) is 5.49. The molecule has 0 unspecified atom stereocenters. The molecule has 1 aromatic rings. The molecule has 1 rings (SSSR count). The first-order chi connectivity index (χ1) is 5.09. The third kappa shape index (κ3) is 2.09. The van der Waals surface area contributed by atoms with E-state index in [2.05, 4.69) is 0 Å². The van der Waals surface area contributed by atoms with E-state index < -0.39 is 5.24 Å². The molecule has 0 aliphatic carbocycles. The molecule has 0 amide bonds. The van der Waals surface area contributed by atoms with Crippen molar-refractivity contribution >= 4 is 30.2 Å². The first-order valence-electron chi connectivity index (χ1n) is 3.16. The Balaban J connectivity index is 3.19. The molecule has 11 heavy (non-hydrogen) atoms. The molecule has 0 bridgehead atoms. The monoisotopic (exact) mass is 164 g/mol. The van der Waals surface area contributed by atoms with Crippen LogP contribution in [-0.2, 0) is 0 Å². The van der Waals surface area contributed by atoms with Gasteiger partial charge in [0.15, 0.2) is 0 Å². The van der Waals surface area contributed by atoms with Crippen molar-refractivity contribution < 1.29 is 4.79 Å². The maximum absolute atomic E-state index is 10.7. The van der Waals surface area contributed by atoms with Gasteiger partial charge in [0.2, 0.25) is 0 Å².